The molecule has 0 saturated carbocycles. The number of hydrogen-bond donors (Lipinski definition) is 1. The van der Waals surface area contributed by atoms with Gasteiger partial charge in [0.2, 0.25) is 0 Å². The summed E-state index contributed by atoms with van der Waals surface area (Å²) in [6, 6.07) is 6.57. The zero-order valence-corrected chi connectivity index (χ0v) is 11.4. The number of nitrogens with one attached hydrogen (secondary N) is 1. The van der Waals surface area contributed by atoms with Gasteiger partial charge in [-0.15, -0.1) is 0 Å². The summed E-state index contributed by atoms with van der Waals surface area (Å²) in [5.41, 5.74) is -1.20. The third-order valence-corrected chi connectivity index (χ3v) is 3.86. The van der Waals surface area contributed by atoms with Crippen LogP contribution in [0.4, 0.5) is 13.2 Å². The summed E-state index contributed by atoms with van der Waals surface area (Å²) in [5, 5.41) is 2.67. The first-order chi connectivity index (χ1) is 9.40. The molecule has 1 aromatic rings. The topological polar surface area (TPSA) is 29.1 Å². The van der Waals surface area contributed by atoms with E-state index in [-0.39, 0.29) is 25.1 Å². The molecule has 1 saturated heterocycles. The molecule has 1 aromatic carbocycles. The number of rotatable bonds is 4. The molecule has 1 unspecified atom stereocenters. The van der Waals surface area contributed by atoms with Crippen LogP contribution in [-0.4, -0.2) is 25.0 Å². The highest BCUT2D eigenvalue weighted by Crippen LogP contribution is 2.45. The first-order valence-electron chi connectivity index (χ1n) is 6.82. The highest BCUT2D eigenvalue weighted by Gasteiger charge is 2.61. The number of halogens is 3. The van der Waals surface area contributed by atoms with E-state index in [0.717, 1.165) is 18.4 Å². The maximum Gasteiger partial charge on any atom is 0.402 e. The Hall–Kier alpha value is -1.36. The Morgan fingerprint density at radius 2 is 2.15 bits per heavy atom. The standard InChI is InChI=1S/C15H18F3NO/c1-2-4-11-5-3-6-12(9-11)13(20)14(15(16,17)18)7-8-19-10-14/h3,5-6,9,19H,2,4,7-8,10H2,1H3. The number of Topliss-reactive ketones (excluding diaryl/α,β-unsaturated/α-hetero) is 1. The number of aryl methyl sites for hydroxylation is 1. The van der Waals surface area contributed by atoms with Crippen LogP contribution >= 0.6 is 0 Å². The minimum absolute atomic E-state index is 0.164. The van der Waals surface area contributed by atoms with Gasteiger partial charge in [0.05, 0.1) is 0 Å². The van der Waals surface area contributed by atoms with Crippen LogP contribution < -0.4 is 5.32 Å². The van der Waals surface area contributed by atoms with E-state index in [0.29, 0.717) is 0 Å². The molecular weight excluding hydrogens is 267 g/mol. The molecule has 2 nitrogen and oxygen atoms in total. The SMILES string of the molecule is CCCc1cccc(C(=O)C2(C(F)(F)F)CCNC2)c1. The lowest BCUT2D eigenvalue weighted by Crippen LogP contribution is -2.46. The van der Waals surface area contributed by atoms with Crippen molar-refractivity contribution >= 4 is 5.78 Å². The van der Waals surface area contributed by atoms with Crippen molar-refractivity contribution in [2.75, 3.05) is 13.1 Å². The van der Waals surface area contributed by atoms with Gasteiger partial charge < -0.3 is 5.32 Å². The maximum atomic E-state index is 13.3. The minimum Gasteiger partial charge on any atom is -0.315 e. The van der Waals surface area contributed by atoms with E-state index in [1.165, 1.54) is 6.07 Å². The quantitative estimate of drug-likeness (QED) is 0.859. The molecule has 1 heterocycles. The molecule has 5 heteroatoms. The lowest BCUT2D eigenvalue weighted by atomic mass is 9.78. The second kappa shape index (κ2) is 5.56. The molecule has 2 rings (SSSR count). The summed E-state index contributed by atoms with van der Waals surface area (Å²) in [6.45, 7) is 1.89. The molecule has 1 fully saturated rings. The van der Waals surface area contributed by atoms with E-state index in [1.54, 1.807) is 12.1 Å². The molecule has 0 spiro atoms. The monoisotopic (exact) mass is 285 g/mol. The van der Waals surface area contributed by atoms with Gasteiger partial charge in [-0.1, -0.05) is 31.5 Å². The third kappa shape index (κ3) is 2.59. The normalized spacial score (nSPS) is 23.0. The largest absolute Gasteiger partial charge is 0.402 e. The van der Waals surface area contributed by atoms with E-state index in [9.17, 15) is 18.0 Å². The zero-order valence-electron chi connectivity index (χ0n) is 11.4. The third-order valence-electron chi connectivity index (χ3n) is 3.86. The average Bonchev–Trinajstić information content (AvgIpc) is 2.89. The number of ketones is 1. The van der Waals surface area contributed by atoms with Crippen molar-refractivity contribution in [1.29, 1.82) is 0 Å². The van der Waals surface area contributed by atoms with Crippen molar-refractivity contribution in [3.8, 4) is 0 Å². The van der Waals surface area contributed by atoms with E-state index < -0.39 is 17.4 Å². The highest BCUT2D eigenvalue weighted by atomic mass is 19.4. The van der Waals surface area contributed by atoms with Gasteiger partial charge in [0, 0.05) is 12.1 Å². The average molecular weight is 285 g/mol. The van der Waals surface area contributed by atoms with Crippen LogP contribution in [0.2, 0.25) is 0 Å². The van der Waals surface area contributed by atoms with E-state index >= 15 is 0 Å². The molecule has 0 amide bonds. The summed E-state index contributed by atoms with van der Waals surface area (Å²) >= 11 is 0. The maximum absolute atomic E-state index is 13.3. The van der Waals surface area contributed by atoms with Crippen LogP contribution in [0.5, 0.6) is 0 Å². The van der Waals surface area contributed by atoms with Gasteiger partial charge in [0.1, 0.15) is 5.41 Å². The van der Waals surface area contributed by atoms with Gasteiger partial charge in [-0.25, -0.2) is 0 Å². The molecule has 20 heavy (non-hydrogen) atoms. The summed E-state index contributed by atoms with van der Waals surface area (Å²) in [6.07, 6.45) is -3.05. The Morgan fingerprint density at radius 3 is 2.70 bits per heavy atom. The fraction of sp³-hybridized carbons (Fsp3) is 0.533. The molecule has 0 bridgehead atoms. The summed E-state index contributed by atoms with van der Waals surface area (Å²) in [7, 11) is 0. The van der Waals surface area contributed by atoms with Crippen LogP contribution in [-0.2, 0) is 6.42 Å². The van der Waals surface area contributed by atoms with Crippen LogP contribution in [0.25, 0.3) is 0 Å². The number of carbonyl (C=O) groups is 1. The zero-order chi connectivity index (χ0) is 14.8. The van der Waals surface area contributed by atoms with Gasteiger partial charge in [0.25, 0.3) is 0 Å². The number of hydrogen-bond acceptors (Lipinski definition) is 2. The molecule has 0 aromatic heterocycles. The molecule has 1 aliphatic heterocycles. The Morgan fingerprint density at radius 1 is 1.40 bits per heavy atom. The van der Waals surface area contributed by atoms with Crippen LogP contribution in [0.3, 0.4) is 0 Å². The fourth-order valence-electron chi connectivity index (χ4n) is 2.69. The smallest absolute Gasteiger partial charge is 0.315 e. The number of alkyl halides is 3. The Bertz CT molecular complexity index is 490. The second-order valence-corrected chi connectivity index (χ2v) is 5.29. The van der Waals surface area contributed by atoms with Gasteiger partial charge in [-0.2, -0.15) is 13.2 Å². The van der Waals surface area contributed by atoms with Crippen molar-refractivity contribution in [2.24, 2.45) is 5.41 Å². The summed E-state index contributed by atoms with van der Waals surface area (Å²) in [4.78, 5) is 12.4. The summed E-state index contributed by atoms with van der Waals surface area (Å²) < 4.78 is 40.0. The highest BCUT2D eigenvalue weighted by molar-refractivity contribution is 6.01. The van der Waals surface area contributed by atoms with Crippen molar-refractivity contribution in [1.82, 2.24) is 5.32 Å². The first-order valence-corrected chi connectivity index (χ1v) is 6.82. The Labute approximate surface area is 116 Å². The minimum atomic E-state index is -4.52. The van der Waals surface area contributed by atoms with Crippen molar-refractivity contribution in [3.05, 3.63) is 35.4 Å². The van der Waals surface area contributed by atoms with Crippen LogP contribution in [0, 0.1) is 5.41 Å². The Balaban J connectivity index is 2.36. The van der Waals surface area contributed by atoms with E-state index in [2.05, 4.69) is 5.32 Å². The predicted octanol–water partition coefficient (Wildman–Crippen LogP) is 3.36. The van der Waals surface area contributed by atoms with E-state index in [1.807, 2.05) is 13.0 Å². The van der Waals surface area contributed by atoms with E-state index in [4.69, 9.17) is 0 Å². The lowest BCUT2D eigenvalue weighted by molar-refractivity contribution is -0.197. The second-order valence-electron chi connectivity index (χ2n) is 5.29. The fourth-order valence-corrected chi connectivity index (χ4v) is 2.69. The first kappa shape index (κ1) is 15.0. The lowest BCUT2D eigenvalue weighted by Gasteiger charge is -2.29. The molecular formula is C15H18F3NO. The van der Waals surface area contributed by atoms with Crippen molar-refractivity contribution in [3.63, 3.8) is 0 Å². The molecule has 110 valence electrons. The van der Waals surface area contributed by atoms with Gasteiger partial charge in [-0.05, 0) is 31.0 Å². The van der Waals surface area contributed by atoms with Crippen LogP contribution in [0.1, 0.15) is 35.7 Å². The molecule has 0 radical (unpaired) electrons. The van der Waals surface area contributed by atoms with Gasteiger partial charge in [-0.3, -0.25) is 4.79 Å². The summed E-state index contributed by atoms with van der Waals surface area (Å²) in [5.74, 6) is -0.812. The molecule has 1 aliphatic rings. The van der Waals surface area contributed by atoms with Gasteiger partial charge >= 0.3 is 6.18 Å². The number of carbonyl (C=O) groups excluding carboxylic acids is 1. The predicted molar refractivity (Wildman–Crippen MR) is 70.7 cm³/mol. The van der Waals surface area contributed by atoms with Crippen molar-refractivity contribution in [2.45, 2.75) is 32.4 Å². The molecule has 1 atom stereocenters. The molecule has 0 aliphatic carbocycles. The molecule has 1 N–H and O–H groups in total. The van der Waals surface area contributed by atoms with Crippen molar-refractivity contribution < 1.29 is 18.0 Å². The van der Waals surface area contributed by atoms with Crippen LogP contribution in [0.15, 0.2) is 24.3 Å². The van der Waals surface area contributed by atoms with Gasteiger partial charge in [0.15, 0.2) is 5.78 Å². The Kier molecular flexibility index (Phi) is 4.18. The number of benzene rings is 1.